The van der Waals surface area contributed by atoms with Crippen LogP contribution in [-0.4, -0.2) is 59.7 Å². The summed E-state index contributed by atoms with van der Waals surface area (Å²) < 4.78 is 54.5. The number of benzene rings is 3. The number of aromatic nitrogens is 2. The molecule has 0 bridgehead atoms. The van der Waals surface area contributed by atoms with E-state index in [1.165, 1.54) is 22.2 Å². The van der Waals surface area contributed by atoms with Gasteiger partial charge in [0.15, 0.2) is 17.5 Å². The van der Waals surface area contributed by atoms with E-state index in [4.69, 9.17) is 9.47 Å². The number of rotatable bonds is 5. The number of hydrogen-bond donors (Lipinski definition) is 2. The third-order valence-corrected chi connectivity index (χ3v) is 8.63. The van der Waals surface area contributed by atoms with Crippen molar-refractivity contribution in [2.75, 3.05) is 38.3 Å². The summed E-state index contributed by atoms with van der Waals surface area (Å²) in [5, 5.41) is 7.26. The highest BCUT2D eigenvalue weighted by Crippen LogP contribution is 2.46. The van der Waals surface area contributed by atoms with Gasteiger partial charge < -0.3 is 24.6 Å². The second-order valence-corrected chi connectivity index (χ2v) is 11.2. The smallest absolute Gasteiger partial charge is 0.410 e. The van der Waals surface area contributed by atoms with E-state index in [1.807, 2.05) is 36.4 Å². The lowest BCUT2D eigenvalue weighted by Gasteiger charge is -2.37. The number of nitrogens with zero attached hydrogens (tertiary/aromatic N) is 3. The molecule has 1 aromatic heterocycles. The zero-order valence-corrected chi connectivity index (χ0v) is 23.3. The Bertz CT molecular complexity index is 1560. The fraction of sp³-hybridized carbons (Fsp3) is 0.312. The van der Waals surface area contributed by atoms with Gasteiger partial charge in [-0.3, -0.25) is 4.79 Å². The molecule has 2 N–H and O–H groups in total. The number of fused-ring (bicyclic) bond motifs is 2. The van der Waals surface area contributed by atoms with Crippen LogP contribution in [0, 0.1) is 0 Å². The molecular weight excluding hydrogens is 559 g/mol. The number of ether oxygens (including phenoxy) is 2. The van der Waals surface area contributed by atoms with Gasteiger partial charge in [-0.2, -0.15) is 18.3 Å². The molecule has 3 aliphatic heterocycles. The van der Waals surface area contributed by atoms with Crippen LogP contribution >= 0.6 is 0 Å². The number of amides is 1. The quantitative estimate of drug-likeness (QED) is 0.361. The van der Waals surface area contributed by atoms with Crippen molar-refractivity contribution in [3.05, 3.63) is 107 Å². The largest absolute Gasteiger partial charge is 0.454 e. The third kappa shape index (κ3) is 5.18. The third-order valence-electron chi connectivity index (χ3n) is 8.63. The molecule has 1 saturated heterocycles. The highest BCUT2D eigenvalue weighted by Gasteiger charge is 2.48. The Morgan fingerprint density at radius 1 is 0.930 bits per heavy atom. The second-order valence-electron chi connectivity index (χ2n) is 11.2. The van der Waals surface area contributed by atoms with Crippen molar-refractivity contribution < 1.29 is 32.3 Å². The molecule has 222 valence electrons. The highest BCUT2D eigenvalue weighted by atomic mass is 19.4. The van der Waals surface area contributed by atoms with Crippen LogP contribution in [0.2, 0.25) is 0 Å². The van der Waals surface area contributed by atoms with Crippen LogP contribution in [0.15, 0.2) is 85.1 Å². The lowest BCUT2D eigenvalue weighted by Crippen LogP contribution is -3.15. The number of quaternary nitrogens is 1. The van der Waals surface area contributed by atoms with Crippen molar-refractivity contribution in [3.63, 3.8) is 0 Å². The summed E-state index contributed by atoms with van der Waals surface area (Å²) in [4.78, 5) is 16.9. The van der Waals surface area contributed by atoms with Crippen molar-refractivity contribution in [2.45, 2.75) is 30.7 Å². The van der Waals surface area contributed by atoms with E-state index >= 15 is 0 Å². The van der Waals surface area contributed by atoms with E-state index in [2.05, 4.69) is 34.7 Å². The summed E-state index contributed by atoms with van der Waals surface area (Å²) in [5.74, 6) is 0.803. The summed E-state index contributed by atoms with van der Waals surface area (Å²) in [6.45, 7) is 2.41. The minimum atomic E-state index is -4.54. The summed E-state index contributed by atoms with van der Waals surface area (Å²) in [6, 6.07) is 23.3. The van der Waals surface area contributed by atoms with Gasteiger partial charge in [0.25, 0.3) is 5.91 Å². The van der Waals surface area contributed by atoms with Gasteiger partial charge in [-0.1, -0.05) is 66.7 Å². The Hall–Kier alpha value is -4.51. The number of piperazine rings is 1. The Labute approximate surface area is 246 Å². The van der Waals surface area contributed by atoms with Gasteiger partial charge in [-0.05, 0) is 17.7 Å². The van der Waals surface area contributed by atoms with E-state index in [9.17, 15) is 18.0 Å². The monoisotopic (exact) mass is 590 g/mol. The van der Waals surface area contributed by atoms with Gasteiger partial charge >= 0.3 is 6.18 Å². The average molecular weight is 591 g/mol. The molecular formula is C32H31F3N5O3+. The van der Waals surface area contributed by atoms with Crippen molar-refractivity contribution >= 4 is 11.7 Å². The second kappa shape index (κ2) is 11.0. The lowest BCUT2D eigenvalue weighted by molar-refractivity contribution is -0.929. The molecule has 8 nitrogen and oxygen atoms in total. The molecule has 43 heavy (non-hydrogen) atoms. The van der Waals surface area contributed by atoms with Crippen molar-refractivity contribution in [1.29, 1.82) is 0 Å². The predicted octanol–water partition coefficient (Wildman–Crippen LogP) is 4.40. The summed E-state index contributed by atoms with van der Waals surface area (Å²) in [5.41, 5.74) is 3.16. The van der Waals surface area contributed by atoms with E-state index in [0.717, 1.165) is 4.68 Å². The van der Waals surface area contributed by atoms with Crippen LogP contribution in [0.4, 0.5) is 19.0 Å². The number of anilines is 1. The maximum atomic E-state index is 14.3. The number of hydrogen-bond acceptors (Lipinski definition) is 5. The number of halogens is 3. The molecule has 0 spiro atoms. The maximum absolute atomic E-state index is 14.3. The standard InChI is InChI=1S/C32H30F3N5O3/c33-32(34,35)28-18-25(23-11-12-26-27(17-23)43-20-42-26)37-30-24(19-36-40(28)30)31(41)39-15-13-38(14-16-39)29(21-7-3-1-4-8-21)22-9-5-2-6-10-22/h1-12,17,19,25,28-29,37H,13-16,18,20H2/p+1. The molecule has 1 amide bonds. The van der Waals surface area contributed by atoms with Crippen LogP contribution < -0.4 is 19.7 Å². The summed E-state index contributed by atoms with van der Waals surface area (Å²) in [6.07, 6.45) is -3.55. The first-order chi connectivity index (χ1) is 20.9. The lowest BCUT2D eigenvalue weighted by atomic mass is 9.96. The fourth-order valence-corrected chi connectivity index (χ4v) is 6.48. The van der Waals surface area contributed by atoms with E-state index in [0.29, 0.717) is 43.2 Å². The minimum absolute atomic E-state index is 0.0693. The van der Waals surface area contributed by atoms with Crippen LogP contribution in [0.1, 0.15) is 51.6 Å². The van der Waals surface area contributed by atoms with Crippen LogP contribution in [-0.2, 0) is 0 Å². The van der Waals surface area contributed by atoms with E-state index in [1.54, 1.807) is 23.1 Å². The van der Waals surface area contributed by atoms with Gasteiger partial charge in [-0.25, -0.2) is 4.68 Å². The fourth-order valence-electron chi connectivity index (χ4n) is 6.48. The molecule has 2 atom stereocenters. The topological polar surface area (TPSA) is 73.1 Å². The van der Waals surface area contributed by atoms with Crippen molar-refractivity contribution in [1.82, 2.24) is 14.7 Å². The predicted molar refractivity (Wildman–Crippen MR) is 152 cm³/mol. The zero-order valence-electron chi connectivity index (χ0n) is 23.3. The van der Waals surface area contributed by atoms with Gasteiger partial charge in [-0.15, -0.1) is 0 Å². The summed E-state index contributed by atoms with van der Waals surface area (Å²) >= 11 is 0. The molecule has 0 saturated carbocycles. The number of alkyl halides is 3. The van der Waals surface area contributed by atoms with E-state index in [-0.39, 0.29) is 36.5 Å². The molecule has 11 heteroatoms. The van der Waals surface area contributed by atoms with Crippen LogP contribution in [0.5, 0.6) is 11.5 Å². The minimum Gasteiger partial charge on any atom is -0.454 e. The average Bonchev–Trinajstić information content (AvgIpc) is 3.68. The van der Waals surface area contributed by atoms with Crippen LogP contribution in [0.25, 0.3) is 0 Å². The first-order valence-corrected chi connectivity index (χ1v) is 14.4. The zero-order chi connectivity index (χ0) is 29.6. The Morgan fingerprint density at radius 3 is 2.23 bits per heavy atom. The molecule has 4 aromatic rings. The van der Waals surface area contributed by atoms with Crippen molar-refractivity contribution in [3.8, 4) is 11.5 Å². The van der Waals surface area contributed by atoms with Gasteiger partial charge in [0.2, 0.25) is 6.79 Å². The normalized spacial score (nSPS) is 20.1. The molecule has 3 aliphatic rings. The van der Waals surface area contributed by atoms with Gasteiger partial charge in [0.05, 0.1) is 38.4 Å². The molecule has 0 radical (unpaired) electrons. The number of carbonyl (C=O) groups excluding carboxylic acids is 1. The molecule has 4 heterocycles. The van der Waals surface area contributed by atoms with E-state index < -0.39 is 18.3 Å². The van der Waals surface area contributed by atoms with Crippen LogP contribution in [0.3, 0.4) is 0 Å². The molecule has 1 fully saturated rings. The Kier molecular flexibility index (Phi) is 6.97. The van der Waals surface area contributed by atoms with Gasteiger partial charge in [0.1, 0.15) is 17.4 Å². The Morgan fingerprint density at radius 2 is 1.58 bits per heavy atom. The maximum Gasteiger partial charge on any atom is 0.410 e. The SMILES string of the molecule is O=C(c1cnn2c1NC(c1ccc3c(c1)OCO3)CC2C(F)(F)F)N1CC[NH+](C(c2ccccc2)c2ccccc2)CC1. The highest BCUT2D eigenvalue weighted by molar-refractivity contribution is 5.99. The Balaban J connectivity index is 1.12. The first kappa shape index (κ1) is 27.3. The molecule has 2 unspecified atom stereocenters. The number of nitrogens with one attached hydrogen (secondary N) is 2. The molecule has 0 aliphatic carbocycles. The number of carbonyl (C=O) groups is 1. The molecule has 3 aromatic carbocycles. The van der Waals surface area contributed by atoms with Crippen molar-refractivity contribution in [2.24, 2.45) is 0 Å². The van der Waals surface area contributed by atoms with Gasteiger partial charge in [0, 0.05) is 17.5 Å². The first-order valence-electron chi connectivity index (χ1n) is 14.4. The summed E-state index contributed by atoms with van der Waals surface area (Å²) in [7, 11) is 0. The molecule has 7 rings (SSSR count).